The Bertz CT molecular complexity index is 572. The summed E-state index contributed by atoms with van der Waals surface area (Å²) in [4.78, 5) is 11.4. The molecule has 104 valence electrons. The largest absolute Gasteiger partial charge is 0.508 e. The molecule has 0 saturated carbocycles. The average Bonchev–Trinajstić information content (AvgIpc) is 2.46. The van der Waals surface area contributed by atoms with Crippen LogP contribution < -0.4 is 4.74 Å². The number of methoxy groups -OCH3 is 1. The Labute approximate surface area is 117 Å². The molecule has 0 aliphatic carbocycles. The lowest BCUT2D eigenvalue weighted by atomic mass is 9.92. The number of phenolic OH excluding ortho intramolecular Hbond substituents is 1. The van der Waals surface area contributed by atoms with Crippen molar-refractivity contribution in [2.45, 2.75) is 12.3 Å². The molecule has 1 unspecified atom stereocenters. The first-order valence-electron chi connectivity index (χ1n) is 6.25. The van der Waals surface area contributed by atoms with Crippen LogP contribution in [0.15, 0.2) is 48.5 Å². The monoisotopic (exact) mass is 272 g/mol. The van der Waals surface area contributed by atoms with Crippen LogP contribution >= 0.6 is 0 Å². The molecule has 0 bridgehead atoms. The SMILES string of the molecule is COc1ccc(CC(C(=O)O)c2ccc(O)cc2)cc1. The Balaban J connectivity index is 2.20. The number of phenols is 1. The van der Waals surface area contributed by atoms with Crippen molar-refractivity contribution in [3.63, 3.8) is 0 Å². The van der Waals surface area contributed by atoms with Gasteiger partial charge in [0.2, 0.25) is 0 Å². The van der Waals surface area contributed by atoms with Crippen LogP contribution in [0.25, 0.3) is 0 Å². The van der Waals surface area contributed by atoms with Crippen molar-refractivity contribution in [2.24, 2.45) is 0 Å². The summed E-state index contributed by atoms with van der Waals surface area (Å²) in [6, 6.07) is 13.6. The molecule has 20 heavy (non-hydrogen) atoms. The van der Waals surface area contributed by atoms with Gasteiger partial charge in [0.05, 0.1) is 13.0 Å². The van der Waals surface area contributed by atoms with Crippen molar-refractivity contribution < 1.29 is 19.7 Å². The minimum Gasteiger partial charge on any atom is -0.508 e. The lowest BCUT2D eigenvalue weighted by molar-refractivity contribution is -0.138. The smallest absolute Gasteiger partial charge is 0.311 e. The first kappa shape index (κ1) is 13.9. The van der Waals surface area contributed by atoms with Crippen LogP contribution in [0.4, 0.5) is 0 Å². The second-order valence-corrected chi connectivity index (χ2v) is 4.53. The molecule has 0 radical (unpaired) electrons. The van der Waals surface area contributed by atoms with E-state index >= 15 is 0 Å². The van der Waals surface area contributed by atoms with E-state index in [-0.39, 0.29) is 5.75 Å². The topological polar surface area (TPSA) is 66.8 Å². The Hall–Kier alpha value is -2.49. The number of carbonyl (C=O) groups is 1. The molecule has 0 amide bonds. The fraction of sp³-hybridized carbons (Fsp3) is 0.188. The predicted molar refractivity (Wildman–Crippen MR) is 75.2 cm³/mol. The summed E-state index contributed by atoms with van der Waals surface area (Å²) in [6.45, 7) is 0. The van der Waals surface area contributed by atoms with E-state index < -0.39 is 11.9 Å². The molecule has 0 fully saturated rings. The van der Waals surface area contributed by atoms with Gasteiger partial charge in [0.15, 0.2) is 0 Å². The molecule has 2 aromatic rings. The fourth-order valence-electron chi connectivity index (χ4n) is 2.05. The molecule has 0 saturated heterocycles. The van der Waals surface area contributed by atoms with E-state index in [2.05, 4.69) is 0 Å². The highest BCUT2D eigenvalue weighted by Crippen LogP contribution is 2.24. The zero-order valence-electron chi connectivity index (χ0n) is 11.1. The van der Waals surface area contributed by atoms with Gasteiger partial charge in [-0.3, -0.25) is 4.79 Å². The Morgan fingerprint density at radius 3 is 2.20 bits per heavy atom. The third kappa shape index (κ3) is 3.29. The van der Waals surface area contributed by atoms with Crippen molar-refractivity contribution in [3.05, 3.63) is 59.7 Å². The number of carboxylic acids is 1. The van der Waals surface area contributed by atoms with E-state index in [1.165, 1.54) is 12.1 Å². The highest BCUT2D eigenvalue weighted by Gasteiger charge is 2.20. The molecule has 0 spiro atoms. The third-order valence-corrected chi connectivity index (χ3v) is 3.19. The number of hydrogen-bond donors (Lipinski definition) is 2. The molecule has 1 atom stereocenters. The maximum atomic E-state index is 11.4. The molecule has 2 aromatic carbocycles. The minimum atomic E-state index is -0.883. The predicted octanol–water partition coefficient (Wildman–Crippen LogP) is 2.81. The molecule has 0 heterocycles. The molecule has 0 aromatic heterocycles. The van der Waals surface area contributed by atoms with E-state index in [0.717, 1.165) is 11.3 Å². The number of rotatable bonds is 5. The van der Waals surface area contributed by atoms with Gasteiger partial charge in [-0.25, -0.2) is 0 Å². The van der Waals surface area contributed by atoms with Crippen LogP contribution in [-0.4, -0.2) is 23.3 Å². The van der Waals surface area contributed by atoms with Gasteiger partial charge in [0.1, 0.15) is 11.5 Å². The Kier molecular flexibility index (Phi) is 4.25. The van der Waals surface area contributed by atoms with Gasteiger partial charge in [0.25, 0.3) is 0 Å². The minimum absolute atomic E-state index is 0.127. The first-order chi connectivity index (χ1) is 9.60. The first-order valence-corrected chi connectivity index (χ1v) is 6.25. The highest BCUT2D eigenvalue weighted by atomic mass is 16.5. The number of carboxylic acid groups (broad SMARTS) is 1. The molecule has 0 aliphatic heterocycles. The number of hydrogen-bond acceptors (Lipinski definition) is 3. The lowest BCUT2D eigenvalue weighted by Gasteiger charge is -2.13. The summed E-state index contributed by atoms with van der Waals surface area (Å²) in [7, 11) is 1.59. The van der Waals surface area contributed by atoms with Crippen LogP contribution in [0.2, 0.25) is 0 Å². The maximum Gasteiger partial charge on any atom is 0.311 e. The van der Waals surface area contributed by atoms with Crippen LogP contribution in [0.1, 0.15) is 17.0 Å². The van der Waals surface area contributed by atoms with Gasteiger partial charge in [-0.2, -0.15) is 0 Å². The highest BCUT2D eigenvalue weighted by molar-refractivity contribution is 5.76. The number of benzene rings is 2. The summed E-state index contributed by atoms with van der Waals surface area (Å²) < 4.78 is 5.08. The van der Waals surface area contributed by atoms with Gasteiger partial charge in [-0.1, -0.05) is 24.3 Å². The standard InChI is InChI=1S/C16H16O4/c1-20-14-8-2-11(3-9-14)10-15(16(18)19)12-4-6-13(17)7-5-12/h2-9,15,17H,10H2,1H3,(H,18,19). The van der Waals surface area contributed by atoms with Crippen molar-refractivity contribution in [1.82, 2.24) is 0 Å². The summed E-state index contributed by atoms with van der Waals surface area (Å²) in [5.74, 6) is -0.650. The second-order valence-electron chi connectivity index (χ2n) is 4.53. The summed E-state index contributed by atoms with van der Waals surface area (Å²) in [6.07, 6.45) is 0.393. The normalized spacial score (nSPS) is 11.8. The third-order valence-electron chi connectivity index (χ3n) is 3.19. The number of aliphatic carboxylic acids is 1. The van der Waals surface area contributed by atoms with E-state index in [4.69, 9.17) is 4.74 Å². The summed E-state index contributed by atoms with van der Waals surface area (Å²) in [5.41, 5.74) is 1.59. The van der Waals surface area contributed by atoms with Crippen molar-refractivity contribution >= 4 is 5.97 Å². The van der Waals surface area contributed by atoms with E-state index in [9.17, 15) is 15.0 Å². The van der Waals surface area contributed by atoms with Crippen LogP contribution in [-0.2, 0) is 11.2 Å². The second kappa shape index (κ2) is 6.10. The molecule has 4 heteroatoms. The average molecular weight is 272 g/mol. The zero-order valence-corrected chi connectivity index (χ0v) is 11.1. The molecule has 2 N–H and O–H groups in total. The number of ether oxygens (including phenoxy) is 1. The maximum absolute atomic E-state index is 11.4. The Morgan fingerprint density at radius 2 is 1.70 bits per heavy atom. The van der Waals surface area contributed by atoms with Crippen molar-refractivity contribution in [2.75, 3.05) is 7.11 Å². The summed E-state index contributed by atoms with van der Waals surface area (Å²) >= 11 is 0. The van der Waals surface area contributed by atoms with E-state index in [1.807, 2.05) is 24.3 Å². The van der Waals surface area contributed by atoms with E-state index in [1.54, 1.807) is 19.2 Å². The number of aromatic hydroxyl groups is 1. The van der Waals surface area contributed by atoms with Gasteiger partial charge >= 0.3 is 5.97 Å². The lowest BCUT2D eigenvalue weighted by Crippen LogP contribution is -2.14. The Morgan fingerprint density at radius 1 is 1.10 bits per heavy atom. The van der Waals surface area contributed by atoms with Crippen LogP contribution in [0, 0.1) is 0 Å². The van der Waals surface area contributed by atoms with Crippen molar-refractivity contribution in [1.29, 1.82) is 0 Å². The fourth-order valence-corrected chi connectivity index (χ4v) is 2.05. The van der Waals surface area contributed by atoms with Crippen LogP contribution in [0.3, 0.4) is 0 Å². The summed E-state index contributed by atoms with van der Waals surface area (Å²) in [5, 5.41) is 18.6. The van der Waals surface area contributed by atoms with Gasteiger partial charge in [-0.05, 0) is 41.8 Å². The van der Waals surface area contributed by atoms with Gasteiger partial charge < -0.3 is 14.9 Å². The molecule has 2 rings (SSSR count). The molecule has 4 nitrogen and oxygen atoms in total. The van der Waals surface area contributed by atoms with Gasteiger partial charge in [-0.15, -0.1) is 0 Å². The molecule has 0 aliphatic rings. The van der Waals surface area contributed by atoms with Crippen LogP contribution in [0.5, 0.6) is 11.5 Å². The quantitative estimate of drug-likeness (QED) is 0.878. The van der Waals surface area contributed by atoms with Crippen molar-refractivity contribution in [3.8, 4) is 11.5 Å². The molecular formula is C16H16O4. The van der Waals surface area contributed by atoms with E-state index in [0.29, 0.717) is 12.0 Å². The zero-order chi connectivity index (χ0) is 14.5. The molecular weight excluding hydrogens is 256 g/mol. The van der Waals surface area contributed by atoms with Gasteiger partial charge in [0, 0.05) is 0 Å².